The van der Waals surface area contributed by atoms with Crippen molar-refractivity contribution in [2.24, 2.45) is 0 Å². The number of rotatable bonds is 8. The number of carbonyl (C=O) groups excluding carboxylic acids is 2. The molecule has 132 valence electrons. The van der Waals surface area contributed by atoms with Crippen LogP contribution in [0.1, 0.15) is 30.1 Å². The van der Waals surface area contributed by atoms with Crippen LogP contribution in [0.5, 0.6) is 5.88 Å². The zero-order valence-electron chi connectivity index (χ0n) is 13.9. The molecule has 0 saturated heterocycles. The van der Waals surface area contributed by atoms with Gasteiger partial charge in [0.15, 0.2) is 0 Å². The number of anilines is 1. The van der Waals surface area contributed by atoms with Crippen LogP contribution in [0.2, 0.25) is 5.02 Å². The minimum absolute atomic E-state index is 0.118. The first-order valence-corrected chi connectivity index (χ1v) is 8.39. The molecule has 0 atom stereocenters. The van der Waals surface area contributed by atoms with E-state index in [1.807, 2.05) is 6.92 Å². The third-order valence-corrected chi connectivity index (χ3v) is 3.54. The molecule has 0 bridgehead atoms. The second kappa shape index (κ2) is 9.64. The highest BCUT2D eigenvalue weighted by Crippen LogP contribution is 2.15. The minimum Gasteiger partial charge on any atom is -0.477 e. The van der Waals surface area contributed by atoms with Crippen molar-refractivity contribution in [1.29, 1.82) is 0 Å². The summed E-state index contributed by atoms with van der Waals surface area (Å²) in [6, 6.07) is 10.2. The number of nitrogens with one attached hydrogen (secondary N) is 2. The van der Waals surface area contributed by atoms with Gasteiger partial charge in [-0.2, -0.15) is 0 Å². The molecular weight excluding hydrogens is 342 g/mol. The fraction of sp³-hybridized carbons (Fsp3) is 0.278. The van der Waals surface area contributed by atoms with Crippen LogP contribution in [0, 0.1) is 0 Å². The van der Waals surface area contributed by atoms with Gasteiger partial charge in [0.05, 0.1) is 6.61 Å². The lowest BCUT2D eigenvalue weighted by Gasteiger charge is -2.09. The highest BCUT2D eigenvalue weighted by Gasteiger charge is 2.12. The predicted octanol–water partition coefficient (Wildman–Crippen LogP) is 3.28. The van der Waals surface area contributed by atoms with Gasteiger partial charge in [-0.25, -0.2) is 4.98 Å². The number of aromatic nitrogens is 1. The number of hydrogen-bond acceptors (Lipinski definition) is 4. The molecule has 1 heterocycles. The average Bonchev–Trinajstić information content (AvgIpc) is 2.61. The van der Waals surface area contributed by atoms with Gasteiger partial charge in [0.25, 0.3) is 5.91 Å². The lowest BCUT2D eigenvalue weighted by atomic mass is 10.2. The Balaban J connectivity index is 1.74. The van der Waals surface area contributed by atoms with E-state index in [9.17, 15) is 9.59 Å². The van der Waals surface area contributed by atoms with E-state index in [1.54, 1.807) is 42.6 Å². The van der Waals surface area contributed by atoms with Gasteiger partial charge in [0.2, 0.25) is 11.8 Å². The molecular formula is C18H20ClN3O3. The zero-order chi connectivity index (χ0) is 18.1. The molecule has 7 heteroatoms. The van der Waals surface area contributed by atoms with Crippen LogP contribution in [0.25, 0.3) is 0 Å². The van der Waals surface area contributed by atoms with Crippen LogP contribution < -0.4 is 15.4 Å². The van der Waals surface area contributed by atoms with Crippen molar-refractivity contribution in [3.05, 3.63) is 53.2 Å². The standard InChI is InChI=1S/C18H20ClN3O3/c1-2-25-18-15(5-3-12-21-18)17(24)20-11-4-6-16(23)22-14-9-7-13(19)8-10-14/h3,5,7-10,12H,2,4,6,11H2,1H3,(H,20,24)(H,22,23). The fourth-order valence-electron chi connectivity index (χ4n) is 2.12. The summed E-state index contributed by atoms with van der Waals surface area (Å²) < 4.78 is 5.33. The first-order valence-electron chi connectivity index (χ1n) is 8.01. The minimum atomic E-state index is -0.269. The summed E-state index contributed by atoms with van der Waals surface area (Å²) >= 11 is 5.80. The van der Waals surface area contributed by atoms with E-state index in [0.29, 0.717) is 48.1 Å². The molecule has 2 aromatic rings. The molecule has 2 rings (SSSR count). The number of hydrogen-bond donors (Lipinski definition) is 2. The molecule has 2 N–H and O–H groups in total. The second-order valence-electron chi connectivity index (χ2n) is 5.20. The smallest absolute Gasteiger partial charge is 0.256 e. The van der Waals surface area contributed by atoms with E-state index < -0.39 is 0 Å². The number of carbonyl (C=O) groups is 2. The third-order valence-electron chi connectivity index (χ3n) is 3.29. The molecule has 1 aromatic heterocycles. The molecule has 0 aliphatic heterocycles. The topological polar surface area (TPSA) is 80.3 Å². The maximum atomic E-state index is 12.2. The van der Waals surface area contributed by atoms with Crippen molar-refractivity contribution in [2.75, 3.05) is 18.5 Å². The van der Waals surface area contributed by atoms with E-state index in [1.165, 1.54) is 0 Å². The second-order valence-corrected chi connectivity index (χ2v) is 5.64. The number of halogens is 1. The number of nitrogens with zero attached hydrogens (tertiary/aromatic N) is 1. The molecule has 0 saturated carbocycles. The monoisotopic (exact) mass is 361 g/mol. The molecule has 0 spiro atoms. The Morgan fingerprint density at radius 1 is 1.20 bits per heavy atom. The van der Waals surface area contributed by atoms with Crippen LogP contribution in [0.15, 0.2) is 42.6 Å². The largest absolute Gasteiger partial charge is 0.477 e. The van der Waals surface area contributed by atoms with Gasteiger partial charge in [-0.3, -0.25) is 9.59 Å². The van der Waals surface area contributed by atoms with Crippen LogP contribution in [0.3, 0.4) is 0 Å². The summed E-state index contributed by atoms with van der Waals surface area (Å²) in [5, 5.41) is 6.16. The van der Waals surface area contributed by atoms with Gasteiger partial charge in [-0.05, 0) is 49.7 Å². The number of pyridine rings is 1. The lowest BCUT2D eigenvalue weighted by molar-refractivity contribution is -0.116. The van der Waals surface area contributed by atoms with Crippen molar-refractivity contribution >= 4 is 29.1 Å². The predicted molar refractivity (Wildman–Crippen MR) is 97.1 cm³/mol. The average molecular weight is 362 g/mol. The summed E-state index contributed by atoms with van der Waals surface area (Å²) in [6.07, 6.45) is 2.40. The Kier molecular flexibility index (Phi) is 7.22. The first-order chi connectivity index (χ1) is 12.1. The summed E-state index contributed by atoms with van der Waals surface area (Å²) in [4.78, 5) is 28.1. The Morgan fingerprint density at radius 3 is 2.68 bits per heavy atom. The molecule has 0 aliphatic carbocycles. The van der Waals surface area contributed by atoms with Gasteiger partial charge in [-0.1, -0.05) is 11.6 Å². The van der Waals surface area contributed by atoms with Gasteiger partial charge >= 0.3 is 0 Å². The summed E-state index contributed by atoms with van der Waals surface area (Å²) in [5.74, 6) is -0.0782. The molecule has 0 unspecified atom stereocenters. The molecule has 0 fully saturated rings. The molecule has 0 aliphatic rings. The summed E-state index contributed by atoms with van der Waals surface area (Å²) in [6.45, 7) is 2.64. The Bertz CT molecular complexity index is 720. The van der Waals surface area contributed by atoms with E-state index in [4.69, 9.17) is 16.3 Å². The van der Waals surface area contributed by atoms with Crippen molar-refractivity contribution in [3.63, 3.8) is 0 Å². The summed E-state index contributed by atoms with van der Waals surface area (Å²) in [7, 11) is 0. The van der Waals surface area contributed by atoms with Gasteiger partial charge < -0.3 is 15.4 Å². The van der Waals surface area contributed by atoms with Gasteiger partial charge in [0.1, 0.15) is 5.56 Å². The van der Waals surface area contributed by atoms with Crippen LogP contribution >= 0.6 is 11.6 Å². The van der Waals surface area contributed by atoms with Crippen molar-refractivity contribution in [2.45, 2.75) is 19.8 Å². The molecule has 1 aromatic carbocycles. The molecule has 0 radical (unpaired) electrons. The Hall–Kier alpha value is -2.60. The third kappa shape index (κ3) is 6.08. The Morgan fingerprint density at radius 2 is 1.96 bits per heavy atom. The fourth-order valence-corrected chi connectivity index (χ4v) is 2.24. The van der Waals surface area contributed by atoms with E-state index in [2.05, 4.69) is 15.6 Å². The number of benzene rings is 1. The Labute approximate surface area is 151 Å². The quantitative estimate of drug-likeness (QED) is 0.707. The highest BCUT2D eigenvalue weighted by molar-refractivity contribution is 6.30. The SMILES string of the molecule is CCOc1ncccc1C(=O)NCCCC(=O)Nc1ccc(Cl)cc1. The van der Waals surface area contributed by atoms with Crippen molar-refractivity contribution in [1.82, 2.24) is 10.3 Å². The van der Waals surface area contributed by atoms with E-state index >= 15 is 0 Å². The van der Waals surface area contributed by atoms with Gasteiger partial charge in [0, 0.05) is 29.9 Å². The maximum Gasteiger partial charge on any atom is 0.256 e. The lowest BCUT2D eigenvalue weighted by Crippen LogP contribution is -2.26. The molecule has 2 amide bonds. The highest BCUT2D eigenvalue weighted by atomic mass is 35.5. The summed E-state index contributed by atoms with van der Waals surface area (Å²) in [5.41, 5.74) is 1.07. The van der Waals surface area contributed by atoms with Crippen LogP contribution in [-0.2, 0) is 4.79 Å². The van der Waals surface area contributed by atoms with Gasteiger partial charge in [-0.15, -0.1) is 0 Å². The molecule has 6 nitrogen and oxygen atoms in total. The first kappa shape index (κ1) is 18.7. The van der Waals surface area contributed by atoms with Crippen molar-refractivity contribution < 1.29 is 14.3 Å². The number of amides is 2. The normalized spacial score (nSPS) is 10.2. The van der Waals surface area contributed by atoms with E-state index in [-0.39, 0.29) is 11.8 Å². The zero-order valence-corrected chi connectivity index (χ0v) is 14.7. The van der Waals surface area contributed by atoms with Crippen LogP contribution in [-0.4, -0.2) is 29.9 Å². The van der Waals surface area contributed by atoms with E-state index in [0.717, 1.165) is 0 Å². The molecule has 25 heavy (non-hydrogen) atoms. The maximum absolute atomic E-state index is 12.2. The van der Waals surface area contributed by atoms with Crippen LogP contribution in [0.4, 0.5) is 5.69 Å². The number of ether oxygens (including phenoxy) is 1. The van der Waals surface area contributed by atoms with Crippen molar-refractivity contribution in [3.8, 4) is 5.88 Å².